The van der Waals surface area contributed by atoms with E-state index in [1.165, 1.54) is 0 Å². The summed E-state index contributed by atoms with van der Waals surface area (Å²) >= 11 is 0. The third-order valence-corrected chi connectivity index (χ3v) is 4.67. The van der Waals surface area contributed by atoms with Crippen molar-refractivity contribution in [3.05, 3.63) is 29.5 Å². The summed E-state index contributed by atoms with van der Waals surface area (Å²) in [5.74, 6) is 0.701. The van der Waals surface area contributed by atoms with Crippen LogP contribution < -0.4 is 10.1 Å². The van der Waals surface area contributed by atoms with E-state index >= 15 is 0 Å². The first-order valence-corrected chi connectivity index (χ1v) is 9.49. The largest absolute Gasteiger partial charge is 0.497 e. The molecule has 1 N–H and O–H groups in total. The number of carbonyl (C=O) groups is 2. The highest BCUT2D eigenvalue weighted by molar-refractivity contribution is 6.05. The molecule has 1 aromatic carbocycles. The summed E-state index contributed by atoms with van der Waals surface area (Å²) in [6.45, 7) is 12.2. The van der Waals surface area contributed by atoms with Crippen molar-refractivity contribution in [2.75, 3.05) is 13.7 Å². The fourth-order valence-corrected chi connectivity index (χ4v) is 2.93. The monoisotopic (exact) mass is 373 g/mol. The molecule has 2 rings (SSSR count). The van der Waals surface area contributed by atoms with E-state index in [0.29, 0.717) is 29.4 Å². The Balaban J connectivity index is 2.50. The van der Waals surface area contributed by atoms with Crippen LogP contribution in [0.4, 0.5) is 0 Å². The molecule has 5 heteroatoms. The van der Waals surface area contributed by atoms with Gasteiger partial charge >= 0.3 is 0 Å². The lowest BCUT2D eigenvalue weighted by molar-refractivity contribution is -0.122. The van der Waals surface area contributed by atoms with Crippen LogP contribution in [0.3, 0.4) is 0 Å². The average Bonchev–Trinajstić information content (AvgIpc) is 2.97. The Hall–Kier alpha value is -2.30. The second kappa shape index (κ2) is 8.15. The number of carbonyl (C=O) groups excluding carboxylic acids is 2. The maximum absolute atomic E-state index is 13.0. The number of ketones is 1. The summed E-state index contributed by atoms with van der Waals surface area (Å²) in [6.07, 6.45) is 0.909. The highest BCUT2D eigenvalue weighted by Crippen LogP contribution is 2.37. The molecule has 2 aromatic rings. The summed E-state index contributed by atoms with van der Waals surface area (Å²) < 4.78 is 11.2. The van der Waals surface area contributed by atoms with E-state index in [0.717, 1.165) is 11.8 Å². The molecule has 0 fully saturated rings. The molecule has 0 aliphatic carbocycles. The van der Waals surface area contributed by atoms with Crippen molar-refractivity contribution < 1.29 is 18.7 Å². The second-order valence-electron chi connectivity index (χ2n) is 8.48. The minimum atomic E-state index is -0.611. The Labute approximate surface area is 161 Å². The van der Waals surface area contributed by atoms with Gasteiger partial charge in [-0.1, -0.05) is 34.6 Å². The fourth-order valence-electron chi connectivity index (χ4n) is 2.93. The zero-order valence-electron chi connectivity index (χ0n) is 17.4. The van der Waals surface area contributed by atoms with Gasteiger partial charge in [0.2, 0.25) is 11.7 Å². The van der Waals surface area contributed by atoms with Crippen LogP contribution in [0.2, 0.25) is 0 Å². The number of methoxy groups -OCH3 is 1. The third-order valence-electron chi connectivity index (χ3n) is 4.67. The number of rotatable bonds is 7. The number of hydrogen-bond acceptors (Lipinski definition) is 4. The minimum absolute atomic E-state index is 0.107. The predicted octanol–water partition coefficient (Wildman–Crippen LogP) is 4.94. The Morgan fingerprint density at radius 2 is 1.85 bits per heavy atom. The van der Waals surface area contributed by atoms with Crippen LogP contribution in [0.5, 0.6) is 5.75 Å². The van der Waals surface area contributed by atoms with Crippen LogP contribution in [0.1, 0.15) is 70.0 Å². The molecular formula is C22H31NO4. The van der Waals surface area contributed by atoms with Crippen LogP contribution >= 0.6 is 0 Å². The highest BCUT2D eigenvalue weighted by atomic mass is 16.5. The third kappa shape index (κ3) is 4.71. The van der Waals surface area contributed by atoms with E-state index in [2.05, 4.69) is 19.2 Å². The standard InChI is InChI=1S/C22H31NO4/c1-13(2)10-11-23-21(25)14(3)18-16-12-15(26-7)8-9-17(16)27-19(18)20(24)22(4,5)6/h8-9,12-14H,10-11H2,1-7H3,(H,23,25). The summed E-state index contributed by atoms with van der Waals surface area (Å²) in [7, 11) is 1.59. The maximum atomic E-state index is 13.0. The molecule has 148 valence electrons. The van der Waals surface area contributed by atoms with Gasteiger partial charge < -0.3 is 14.5 Å². The van der Waals surface area contributed by atoms with Gasteiger partial charge in [-0.05, 0) is 37.5 Å². The van der Waals surface area contributed by atoms with Gasteiger partial charge in [0.25, 0.3) is 0 Å². The second-order valence-corrected chi connectivity index (χ2v) is 8.48. The molecule has 1 amide bonds. The number of hydrogen-bond donors (Lipinski definition) is 1. The quantitative estimate of drug-likeness (QED) is 0.698. The first-order chi connectivity index (χ1) is 12.6. The number of fused-ring (bicyclic) bond motifs is 1. The van der Waals surface area contributed by atoms with Crippen LogP contribution in [0.25, 0.3) is 11.0 Å². The van der Waals surface area contributed by atoms with Crippen molar-refractivity contribution in [2.24, 2.45) is 11.3 Å². The molecule has 1 unspecified atom stereocenters. The molecule has 0 radical (unpaired) electrons. The number of ether oxygens (including phenoxy) is 1. The molecule has 0 bridgehead atoms. The van der Waals surface area contributed by atoms with Crippen molar-refractivity contribution in [1.82, 2.24) is 5.32 Å². The lowest BCUT2D eigenvalue weighted by atomic mass is 9.85. The molecule has 0 saturated heterocycles. The highest BCUT2D eigenvalue weighted by Gasteiger charge is 2.33. The van der Waals surface area contributed by atoms with E-state index in [-0.39, 0.29) is 17.5 Å². The van der Waals surface area contributed by atoms with Crippen LogP contribution in [-0.2, 0) is 4.79 Å². The van der Waals surface area contributed by atoms with Gasteiger partial charge in [-0.25, -0.2) is 0 Å². The molecule has 5 nitrogen and oxygen atoms in total. The van der Waals surface area contributed by atoms with Crippen molar-refractivity contribution in [3.63, 3.8) is 0 Å². The Morgan fingerprint density at radius 1 is 1.19 bits per heavy atom. The summed E-state index contributed by atoms with van der Waals surface area (Å²) in [6, 6.07) is 5.39. The molecule has 1 aromatic heterocycles. The van der Waals surface area contributed by atoms with Crippen LogP contribution in [0, 0.1) is 11.3 Å². The van der Waals surface area contributed by atoms with E-state index in [1.54, 1.807) is 19.2 Å². The minimum Gasteiger partial charge on any atom is -0.497 e. The molecule has 1 atom stereocenters. The number of nitrogens with one attached hydrogen (secondary N) is 1. The van der Waals surface area contributed by atoms with Gasteiger partial charge in [0.05, 0.1) is 13.0 Å². The molecule has 27 heavy (non-hydrogen) atoms. The van der Waals surface area contributed by atoms with Crippen molar-refractivity contribution in [1.29, 1.82) is 0 Å². The first-order valence-electron chi connectivity index (χ1n) is 9.49. The number of Topliss-reactive ketones (excluding diaryl/α,β-unsaturated/α-hetero) is 1. The summed E-state index contributed by atoms with van der Waals surface area (Å²) in [5, 5.41) is 3.72. The molecule has 0 aliphatic rings. The van der Waals surface area contributed by atoms with E-state index in [9.17, 15) is 9.59 Å². The molecular weight excluding hydrogens is 342 g/mol. The van der Waals surface area contributed by atoms with Crippen molar-refractivity contribution in [2.45, 2.75) is 53.9 Å². The molecule has 0 aliphatic heterocycles. The zero-order valence-corrected chi connectivity index (χ0v) is 17.4. The fraction of sp³-hybridized carbons (Fsp3) is 0.545. The number of benzene rings is 1. The van der Waals surface area contributed by atoms with Crippen LogP contribution in [-0.4, -0.2) is 25.3 Å². The maximum Gasteiger partial charge on any atom is 0.227 e. The Bertz CT molecular complexity index is 827. The van der Waals surface area contributed by atoms with Crippen LogP contribution in [0.15, 0.2) is 22.6 Å². The lowest BCUT2D eigenvalue weighted by Gasteiger charge is -2.18. The van der Waals surface area contributed by atoms with Gasteiger partial charge in [0.1, 0.15) is 11.3 Å². The van der Waals surface area contributed by atoms with Gasteiger partial charge in [-0.15, -0.1) is 0 Å². The van der Waals surface area contributed by atoms with E-state index in [4.69, 9.17) is 9.15 Å². The first kappa shape index (κ1) is 21.0. The normalized spacial score (nSPS) is 13.0. The van der Waals surface area contributed by atoms with Gasteiger partial charge in [0.15, 0.2) is 5.76 Å². The molecule has 1 heterocycles. The van der Waals surface area contributed by atoms with Crippen molar-refractivity contribution in [3.8, 4) is 5.75 Å². The zero-order chi connectivity index (χ0) is 20.4. The van der Waals surface area contributed by atoms with E-state index in [1.807, 2.05) is 33.8 Å². The SMILES string of the molecule is COc1ccc2oc(C(=O)C(C)(C)C)c(C(C)C(=O)NCCC(C)C)c2c1. The van der Waals surface area contributed by atoms with E-state index < -0.39 is 11.3 Å². The number of furan rings is 1. The Kier molecular flexibility index (Phi) is 6.34. The summed E-state index contributed by atoms with van der Waals surface area (Å²) in [4.78, 5) is 25.7. The van der Waals surface area contributed by atoms with Crippen molar-refractivity contribution >= 4 is 22.7 Å². The summed E-state index contributed by atoms with van der Waals surface area (Å²) in [5.41, 5.74) is 0.603. The average molecular weight is 373 g/mol. The molecule has 0 spiro atoms. The topological polar surface area (TPSA) is 68.5 Å². The van der Waals surface area contributed by atoms with Gasteiger partial charge in [-0.3, -0.25) is 9.59 Å². The Morgan fingerprint density at radius 3 is 2.41 bits per heavy atom. The van der Waals surface area contributed by atoms with Gasteiger partial charge in [0, 0.05) is 22.9 Å². The van der Waals surface area contributed by atoms with Gasteiger partial charge in [-0.2, -0.15) is 0 Å². The smallest absolute Gasteiger partial charge is 0.227 e. The number of amides is 1. The predicted molar refractivity (Wildman–Crippen MR) is 107 cm³/mol. The lowest BCUT2D eigenvalue weighted by Crippen LogP contribution is -2.30. The molecule has 0 saturated carbocycles.